The third kappa shape index (κ3) is 3.45. The van der Waals surface area contributed by atoms with Gasteiger partial charge in [0.15, 0.2) is 0 Å². The number of aromatic nitrogens is 2. The molecule has 0 radical (unpaired) electrons. The third-order valence-electron chi connectivity index (χ3n) is 4.35. The summed E-state index contributed by atoms with van der Waals surface area (Å²) in [6.45, 7) is 6.62. The summed E-state index contributed by atoms with van der Waals surface area (Å²) in [4.78, 5) is 36.0. The van der Waals surface area contributed by atoms with Crippen LogP contribution in [0.5, 0.6) is 0 Å². The van der Waals surface area contributed by atoms with Crippen LogP contribution in [-0.4, -0.2) is 26.8 Å². The molecule has 0 spiro atoms. The molecule has 1 heterocycles. The van der Waals surface area contributed by atoms with Gasteiger partial charge < -0.3 is 10.4 Å². The molecule has 2 aromatic rings. The fraction of sp³-hybridized carbons (Fsp3) is 0.333. The van der Waals surface area contributed by atoms with Gasteiger partial charge in [-0.15, -0.1) is 0 Å². The molecule has 0 fully saturated rings. The first kappa shape index (κ1) is 18.4. The van der Waals surface area contributed by atoms with Crippen LogP contribution in [-0.2, 0) is 17.3 Å². The van der Waals surface area contributed by atoms with E-state index in [-0.39, 0.29) is 5.56 Å². The van der Waals surface area contributed by atoms with Crippen LogP contribution >= 0.6 is 0 Å². The Balaban J connectivity index is 2.31. The first-order valence-corrected chi connectivity index (χ1v) is 7.75. The lowest BCUT2D eigenvalue weighted by molar-refractivity contribution is -0.142. The number of aryl methyl sites for hydroxylation is 2. The highest BCUT2D eigenvalue weighted by atomic mass is 16.4. The second kappa shape index (κ2) is 6.51. The number of aliphatic carboxylic acids is 1. The summed E-state index contributed by atoms with van der Waals surface area (Å²) in [6.07, 6.45) is 0. The zero-order chi connectivity index (χ0) is 18.9. The molecule has 132 valence electrons. The summed E-state index contributed by atoms with van der Waals surface area (Å²) in [5.41, 5.74) is 0.775. The van der Waals surface area contributed by atoms with Gasteiger partial charge in [-0.3, -0.25) is 14.4 Å². The van der Waals surface area contributed by atoms with E-state index in [9.17, 15) is 19.5 Å². The Kier molecular flexibility index (Phi) is 4.78. The highest BCUT2D eigenvalue weighted by Gasteiger charge is 2.29. The van der Waals surface area contributed by atoms with Crippen LogP contribution in [0.15, 0.2) is 29.1 Å². The number of carbonyl (C=O) groups is 2. The molecule has 1 aromatic heterocycles. The SMILES string of the molecule is Cc1nn(C)c(=O)c(C(=O)Nc2ccc(C(C)(C)C(=O)O)cc2)c1C. The number of carboxylic acids is 1. The van der Waals surface area contributed by atoms with Gasteiger partial charge in [0.25, 0.3) is 11.5 Å². The number of nitrogens with one attached hydrogen (secondary N) is 1. The molecule has 7 heteroatoms. The van der Waals surface area contributed by atoms with Crippen LogP contribution in [0.25, 0.3) is 0 Å². The van der Waals surface area contributed by atoms with Gasteiger partial charge >= 0.3 is 5.97 Å². The van der Waals surface area contributed by atoms with Crippen LogP contribution in [0.1, 0.15) is 41.0 Å². The Morgan fingerprint density at radius 2 is 1.72 bits per heavy atom. The van der Waals surface area contributed by atoms with E-state index >= 15 is 0 Å². The second-order valence-corrected chi connectivity index (χ2v) is 6.48. The van der Waals surface area contributed by atoms with Gasteiger partial charge in [0.1, 0.15) is 5.56 Å². The van der Waals surface area contributed by atoms with Crippen LogP contribution in [0.3, 0.4) is 0 Å². The Bertz CT molecular complexity index is 896. The molecule has 0 saturated carbocycles. The first-order chi connectivity index (χ1) is 11.6. The van der Waals surface area contributed by atoms with Crippen LogP contribution < -0.4 is 10.9 Å². The maximum atomic E-state index is 12.5. The fourth-order valence-corrected chi connectivity index (χ4v) is 2.40. The molecule has 2 N–H and O–H groups in total. The van der Waals surface area contributed by atoms with Crippen molar-refractivity contribution in [2.45, 2.75) is 33.1 Å². The van der Waals surface area contributed by atoms with Crippen molar-refractivity contribution in [2.24, 2.45) is 7.05 Å². The largest absolute Gasteiger partial charge is 0.481 e. The molecule has 0 saturated heterocycles. The van der Waals surface area contributed by atoms with E-state index in [1.54, 1.807) is 52.0 Å². The van der Waals surface area contributed by atoms with Gasteiger partial charge in [-0.2, -0.15) is 5.10 Å². The average Bonchev–Trinajstić information content (AvgIpc) is 2.53. The van der Waals surface area contributed by atoms with Crippen LogP contribution in [0.2, 0.25) is 0 Å². The zero-order valence-corrected chi connectivity index (χ0v) is 14.9. The normalized spacial score (nSPS) is 11.2. The van der Waals surface area contributed by atoms with Crippen molar-refractivity contribution in [3.63, 3.8) is 0 Å². The Morgan fingerprint density at radius 1 is 1.16 bits per heavy atom. The van der Waals surface area contributed by atoms with Gasteiger partial charge in [0.05, 0.1) is 11.1 Å². The molecule has 0 unspecified atom stereocenters. The number of anilines is 1. The number of rotatable bonds is 4. The maximum absolute atomic E-state index is 12.5. The highest BCUT2D eigenvalue weighted by Crippen LogP contribution is 2.25. The quantitative estimate of drug-likeness (QED) is 0.884. The van der Waals surface area contributed by atoms with E-state index in [4.69, 9.17) is 0 Å². The van der Waals surface area contributed by atoms with Crippen molar-refractivity contribution >= 4 is 17.6 Å². The third-order valence-corrected chi connectivity index (χ3v) is 4.35. The molecule has 2 rings (SSSR count). The lowest BCUT2D eigenvalue weighted by Crippen LogP contribution is -2.31. The molecule has 0 aliphatic rings. The number of nitrogens with zero attached hydrogens (tertiary/aromatic N) is 2. The van der Waals surface area contributed by atoms with Gasteiger partial charge in [-0.1, -0.05) is 12.1 Å². The molecule has 0 aliphatic heterocycles. The van der Waals surface area contributed by atoms with Crippen molar-refractivity contribution in [2.75, 3.05) is 5.32 Å². The summed E-state index contributed by atoms with van der Waals surface area (Å²) in [5, 5.41) is 16.0. The zero-order valence-electron chi connectivity index (χ0n) is 14.9. The van der Waals surface area contributed by atoms with Crippen LogP contribution in [0, 0.1) is 13.8 Å². The Labute approximate surface area is 145 Å². The van der Waals surface area contributed by atoms with Crippen molar-refractivity contribution in [1.82, 2.24) is 9.78 Å². The Hall–Kier alpha value is -2.96. The lowest BCUT2D eigenvalue weighted by Gasteiger charge is -2.20. The number of amides is 1. The van der Waals surface area contributed by atoms with E-state index < -0.39 is 22.9 Å². The minimum Gasteiger partial charge on any atom is -0.481 e. The predicted octanol–water partition coefficient (Wildman–Crippen LogP) is 2.01. The minimum absolute atomic E-state index is 0.0462. The number of benzene rings is 1. The topological polar surface area (TPSA) is 101 Å². The molecule has 0 bridgehead atoms. The van der Waals surface area contributed by atoms with E-state index in [0.717, 1.165) is 4.68 Å². The first-order valence-electron chi connectivity index (χ1n) is 7.75. The molecule has 0 atom stereocenters. The van der Waals surface area contributed by atoms with Crippen molar-refractivity contribution in [3.05, 3.63) is 57.0 Å². The lowest BCUT2D eigenvalue weighted by atomic mass is 9.85. The van der Waals surface area contributed by atoms with Crippen molar-refractivity contribution in [3.8, 4) is 0 Å². The van der Waals surface area contributed by atoms with Gasteiger partial charge in [-0.05, 0) is 51.0 Å². The van der Waals surface area contributed by atoms with E-state index in [1.807, 2.05) is 0 Å². The molecule has 0 aliphatic carbocycles. The summed E-state index contributed by atoms with van der Waals surface area (Å²) < 4.78 is 1.13. The Morgan fingerprint density at radius 3 is 2.24 bits per heavy atom. The number of hydrogen-bond donors (Lipinski definition) is 2. The van der Waals surface area contributed by atoms with Gasteiger partial charge in [0, 0.05) is 12.7 Å². The number of hydrogen-bond acceptors (Lipinski definition) is 4. The predicted molar refractivity (Wildman–Crippen MR) is 94.0 cm³/mol. The van der Waals surface area contributed by atoms with Crippen molar-refractivity contribution < 1.29 is 14.7 Å². The number of carboxylic acid groups (broad SMARTS) is 1. The molecule has 1 aromatic carbocycles. The average molecular weight is 343 g/mol. The van der Waals surface area contributed by atoms with E-state index in [0.29, 0.717) is 22.5 Å². The second-order valence-electron chi connectivity index (χ2n) is 6.48. The number of carbonyl (C=O) groups excluding carboxylic acids is 1. The summed E-state index contributed by atoms with van der Waals surface area (Å²) in [6, 6.07) is 6.52. The molecular weight excluding hydrogens is 322 g/mol. The smallest absolute Gasteiger partial charge is 0.313 e. The molecule has 7 nitrogen and oxygen atoms in total. The van der Waals surface area contributed by atoms with Crippen LogP contribution in [0.4, 0.5) is 5.69 Å². The maximum Gasteiger partial charge on any atom is 0.313 e. The van der Waals surface area contributed by atoms with Gasteiger partial charge in [-0.25, -0.2) is 4.68 Å². The summed E-state index contributed by atoms with van der Waals surface area (Å²) in [7, 11) is 1.49. The molecule has 25 heavy (non-hydrogen) atoms. The monoisotopic (exact) mass is 343 g/mol. The summed E-state index contributed by atoms with van der Waals surface area (Å²) in [5.74, 6) is -1.45. The van der Waals surface area contributed by atoms with Crippen molar-refractivity contribution in [1.29, 1.82) is 0 Å². The standard InChI is InChI=1S/C18H21N3O4/c1-10-11(2)20-21(5)16(23)14(10)15(22)19-13-8-6-12(7-9-13)18(3,4)17(24)25/h6-9H,1-5H3,(H,19,22)(H,24,25). The van der Waals surface area contributed by atoms with E-state index in [2.05, 4.69) is 10.4 Å². The summed E-state index contributed by atoms with van der Waals surface area (Å²) >= 11 is 0. The highest BCUT2D eigenvalue weighted by molar-refractivity contribution is 6.05. The van der Waals surface area contributed by atoms with E-state index in [1.165, 1.54) is 7.05 Å². The van der Waals surface area contributed by atoms with Gasteiger partial charge in [0.2, 0.25) is 0 Å². The molecular formula is C18H21N3O4. The fourth-order valence-electron chi connectivity index (χ4n) is 2.40. The molecule has 1 amide bonds. The minimum atomic E-state index is -1.03.